The Bertz CT molecular complexity index is 543. The molecular formula is C17H31I2N3O6S3. The van der Waals surface area contributed by atoms with Crippen LogP contribution in [0.25, 0.3) is 0 Å². The van der Waals surface area contributed by atoms with Crippen molar-refractivity contribution in [2.45, 2.75) is 62.2 Å². The lowest BCUT2D eigenvalue weighted by atomic mass is 9.99. The van der Waals surface area contributed by atoms with Crippen LogP contribution in [0.5, 0.6) is 0 Å². The van der Waals surface area contributed by atoms with Crippen LogP contribution >= 0.6 is 81.3 Å². The average molecular weight is 723 g/mol. The number of halogens is 2. The number of carbonyl (C=O) groups is 3. The number of carboxylic acid groups (broad SMARTS) is 3. The van der Waals surface area contributed by atoms with Gasteiger partial charge in [0.2, 0.25) is 0 Å². The molecule has 2 aliphatic carbocycles. The van der Waals surface area contributed by atoms with E-state index < -0.39 is 36.0 Å². The van der Waals surface area contributed by atoms with Crippen molar-refractivity contribution in [1.29, 1.82) is 0 Å². The topological polar surface area (TPSA) is 190 Å². The first-order valence-corrected chi connectivity index (χ1v) is 14.7. The van der Waals surface area contributed by atoms with E-state index in [-0.39, 0.29) is 5.75 Å². The molecule has 0 spiro atoms. The zero-order chi connectivity index (χ0) is 24.1. The normalized spacial score (nSPS) is 26.9. The molecule has 0 saturated heterocycles. The van der Waals surface area contributed by atoms with Crippen LogP contribution in [0.15, 0.2) is 0 Å². The van der Waals surface area contributed by atoms with E-state index in [4.69, 9.17) is 32.5 Å². The van der Waals surface area contributed by atoms with E-state index >= 15 is 0 Å². The van der Waals surface area contributed by atoms with Crippen molar-refractivity contribution < 1.29 is 29.7 Å². The summed E-state index contributed by atoms with van der Waals surface area (Å²) in [5.74, 6) is -2.01. The third kappa shape index (κ3) is 13.9. The highest BCUT2D eigenvalue weighted by Gasteiger charge is 2.33. The van der Waals surface area contributed by atoms with E-state index in [1.807, 2.05) is 0 Å². The third-order valence-corrected chi connectivity index (χ3v) is 12.4. The van der Waals surface area contributed by atoms with Crippen molar-refractivity contribution in [2.24, 2.45) is 17.2 Å². The van der Waals surface area contributed by atoms with Crippen molar-refractivity contribution in [3.8, 4) is 0 Å². The Morgan fingerprint density at radius 3 is 1.23 bits per heavy atom. The number of alkyl halides is 2. The summed E-state index contributed by atoms with van der Waals surface area (Å²) in [5, 5.41) is 26.1. The monoisotopic (exact) mass is 723 g/mol. The lowest BCUT2D eigenvalue weighted by molar-refractivity contribution is -0.138. The van der Waals surface area contributed by atoms with Gasteiger partial charge in [0.1, 0.15) is 18.1 Å². The minimum absolute atomic E-state index is 0.190. The molecule has 0 amide bonds. The van der Waals surface area contributed by atoms with Crippen molar-refractivity contribution in [3.63, 3.8) is 0 Å². The molecule has 0 aromatic carbocycles. The molecule has 0 heterocycles. The van der Waals surface area contributed by atoms with Crippen LogP contribution in [0.3, 0.4) is 0 Å². The molecule has 182 valence electrons. The molecule has 31 heavy (non-hydrogen) atoms. The molecule has 14 heteroatoms. The van der Waals surface area contributed by atoms with Gasteiger partial charge in [-0.25, -0.2) is 0 Å². The third-order valence-electron chi connectivity index (χ3n) is 4.39. The number of hydrogen-bond donors (Lipinski definition) is 7. The summed E-state index contributed by atoms with van der Waals surface area (Å²) in [6.45, 7) is 0. The number of thioether (sulfide) groups is 2. The van der Waals surface area contributed by atoms with Crippen LogP contribution in [0.1, 0.15) is 25.7 Å². The molecule has 0 aromatic heterocycles. The zero-order valence-electron chi connectivity index (χ0n) is 16.8. The highest BCUT2D eigenvalue weighted by Crippen LogP contribution is 2.40. The van der Waals surface area contributed by atoms with Crippen LogP contribution in [-0.4, -0.2) is 87.0 Å². The maximum absolute atomic E-state index is 10.6. The van der Waals surface area contributed by atoms with E-state index in [2.05, 4.69) is 57.8 Å². The van der Waals surface area contributed by atoms with Gasteiger partial charge in [0.15, 0.2) is 0 Å². The molecular weight excluding hydrogens is 692 g/mol. The quantitative estimate of drug-likeness (QED) is 0.0984. The maximum atomic E-state index is 10.6. The number of aliphatic carboxylic acids is 3. The Morgan fingerprint density at radius 1 is 0.774 bits per heavy atom. The van der Waals surface area contributed by atoms with E-state index in [1.165, 1.54) is 12.8 Å². The van der Waals surface area contributed by atoms with Gasteiger partial charge < -0.3 is 32.5 Å². The molecule has 2 saturated carbocycles. The minimum Gasteiger partial charge on any atom is -0.480 e. The van der Waals surface area contributed by atoms with Crippen LogP contribution in [0.4, 0.5) is 0 Å². The van der Waals surface area contributed by atoms with Gasteiger partial charge in [-0.15, -0.1) is 0 Å². The molecule has 0 bridgehead atoms. The Morgan fingerprint density at radius 2 is 1.10 bits per heavy atom. The second-order valence-electron chi connectivity index (χ2n) is 6.95. The SMILES string of the molecule is IC1CCC1I.NC(CS)C(=O)O.NC(CSC1CCC1SCC(N)C(=O)O)C(=O)O. The molecule has 7 atom stereocenters. The number of hydrogen-bond acceptors (Lipinski definition) is 9. The van der Waals surface area contributed by atoms with E-state index in [0.717, 1.165) is 20.7 Å². The molecule has 9 nitrogen and oxygen atoms in total. The average Bonchev–Trinajstić information content (AvgIpc) is 2.71. The largest absolute Gasteiger partial charge is 0.480 e. The number of nitrogens with two attached hydrogens (primary N) is 3. The second-order valence-corrected chi connectivity index (χ2v) is 13.1. The molecule has 2 fully saturated rings. The smallest absolute Gasteiger partial charge is 0.321 e. The van der Waals surface area contributed by atoms with Gasteiger partial charge >= 0.3 is 17.9 Å². The molecule has 0 aromatic rings. The van der Waals surface area contributed by atoms with Crippen molar-refractivity contribution in [3.05, 3.63) is 0 Å². The number of carboxylic acids is 3. The van der Waals surface area contributed by atoms with Crippen molar-refractivity contribution in [2.75, 3.05) is 17.3 Å². The summed E-state index contributed by atoms with van der Waals surface area (Å²) in [4.78, 5) is 30.9. The van der Waals surface area contributed by atoms with E-state index in [9.17, 15) is 14.4 Å². The summed E-state index contributed by atoms with van der Waals surface area (Å²) < 4.78 is 1.98. The molecule has 2 rings (SSSR count). The van der Waals surface area contributed by atoms with Crippen LogP contribution in [-0.2, 0) is 14.4 Å². The first kappa shape index (κ1) is 31.8. The first-order chi connectivity index (χ1) is 14.4. The predicted octanol–water partition coefficient (Wildman–Crippen LogP) is 1.52. The lowest BCUT2D eigenvalue weighted by Crippen LogP contribution is -2.39. The summed E-state index contributed by atoms with van der Waals surface area (Å²) in [7, 11) is 0. The molecule has 0 radical (unpaired) electrons. The Balaban J connectivity index is 0.000000562. The van der Waals surface area contributed by atoms with Crippen LogP contribution in [0, 0.1) is 0 Å². The van der Waals surface area contributed by atoms with Crippen molar-refractivity contribution in [1.82, 2.24) is 0 Å². The minimum atomic E-state index is -1.00. The van der Waals surface area contributed by atoms with Gasteiger partial charge in [0, 0.05) is 35.6 Å². The molecule has 9 N–H and O–H groups in total. The van der Waals surface area contributed by atoms with Gasteiger partial charge in [-0.2, -0.15) is 36.2 Å². The van der Waals surface area contributed by atoms with Gasteiger partial charge in [-0.1, -0.05) is 45.2 Å². The van der Waals surface area contributed by atoms with E-state index in [1.54, 1.807) is 23.5 Å². The maximum Gasteiger partial charge on any atom is 0.321 e. The van der Waals surface area contributed by atoms with Crippen molar-refractivity contribution >= 4 is 99.2 Å². The standard InChI is InChI=1S/C10H18N2O4S2.C4H6I2.C3H7NO2S/c11-5(9(13)14)3-17-7-1-2-8(7)18-4-6(12)10(15)16;5-3-1-2-4(3)6;4-2(1-7)3(5)6/h5-8H,1-4,11-12H2,(H,13,14)(H,15,16);3-4H,1-2H2;2,7H,1,4H2,(H,5,6). The van der Waals surface area contributed by atoms with Crippen LogP contribution < -0.4 is 17.2 Å². The second kappa shape index (κ2) is 17.3. The van der Waals surface area contributed by atoms with Gasteiger partial charge in [-0.3, -0.25) is 14.4 Å². The van der Waals surface area contributed by atoms with E-state index in [0.29, 0.717) is 22.0 Å². The molecule has 7 unspecified atom stereocenters. The number of thiol groups is 1. The van der Waals surface area contributed by atoms with Crippen LogP contribution in [0.2, 0.25) is 0 Å². The van der Waals surface area contributed by atoms with Gasteiger partial charge in [0.05, 0.1) is 0 Å². The highest BCUT2D eigenvalue weighted by atomic mass is 127. The molecule has 2 aliphatic rings. The first-order valence-electron chi connectivity index (χ1n) is 9.48. The fourth-order valence-electron chi connectivity index (χ4n) is 1.91. The lowest BCUT2D eigenvalue weighted by Gasteiger charge is -2.36. The predicted molar refractivity (Wildman–Crippen MR) is 147 cm³/mol. The van der Waals surface area contributed by atoms with Gasteiger partial charge in [-0.05, 0) is 25.7 Å². The van der Waals surface area contributed by atoms with Gasteiger partial charge in [0.25, 0.3) is 0 Å². The zero-order valence-corrected chi connectivity index (χ0v) is 23.7. The Kier molecular flexibility index (Phi) is 17.7. The Labute approximate surface area is 223 Å². The summed E-state index contributed by atoms with van der Waals surface area (Å²) in [6, 6.07) is -2.48. The summed E-state index contributed by atoms with van der Waals surface area (Å²) in [6.07, 6.45) is 4.95. The number of rotatable bonds is 10. The summed E-state index contributed by atoms with van der Waals surface area (Å²) >= 11 is 11.8. The fraction of sp³-hybridized carbons (Fsp3) is 0.824. The Hall–Kier alpha value is 0.800. The highest BCUT2D eigenvalue weighted by molar-refractivity contribution is 14.1. The summed E-state index contributed by atoms with van der Waals surface area (Å²) in [5.41, 5.74) is 15.8. The fourth-order valence-corrected chi connectivity index (χ4v) is 6.48. The molecule has 0 aliphatic heterocycles.